The predicted octanol–water partition coefficient (Wildman–Crippen LogP) is 5.89. The van der Waals surface area contributed by atoms with Gasteiger partial charge in [0.25, 0.3) is 0 Å². The first kappa shape index (κ1) is 30.9. The molecule has 0 bridgehead atoms. The molecular formula is C29H16F7N5O4. The molecule has 0 fully saturated rings. The molecule has 0 aliphatic carbocycles. The minimum atomic E-state index is -5.20. The number of nitrogens with zero attached hydrogens (tertiary/aromatic N) is 5. The van der Waals surface area contributed by atoms with Crippen LogP contribution in [0.2, 0.25) is 0 Å². The maximum Gasteiger partial charge on any atom is 0.417 e. The van der Waals surface area contributed by atoms with Gasteiger partial charge in [0.2, 0.25) is 11.6 Å². The van der Waals surface area contributed by atoms with Gasteiger partial charge in [-0.3, -0.25) is 14.4 Å². The Kier molecular flexibility index (Phi) is 7.91. The van der Waals surface area contributed by atoms with Crippen molar-refractivity contribution in [1.29, 1.82) is 0 Å². The van der Waals surface area contributed by atoms with Crippen molar-refractivity contribution >= 4 is 17.5 Å². The molecule has 16 heteroatoms. The molecule has 3 heterocycles. The fraction of sp³-hybridized carbons (Fsp3) is 0.138. The number of carboxylic acids is 1. The first-order valence-corrected chi connectivity index (χ1v) is 12.6. The lowest BCUT2D eigenvalue weighted by molar-refractivity contribution is -0.145. The number of ketones is 2. The number of aliphatic carboxylic acids is 1. The Labute approximate surface area is 247 Å². The fourth-order valence-electron chi connectivity index (χ4n) is 4.46. The summed E-state index contributed by atoms with van der Waals surface area (Å²) in [5.74, 6) is -4.82. The molecule has 0 amide bonds. The van der Waals surface area contributed by atoms with E-state index in [9.17, 15) is 45.1 Å². The fourth-order valence-corrected chi connectivity index (χ4v) is 4.46. The Bertz CT molecular complexity index is 1900. The van der Waals surface area contributed by atoms with Crippen LogP contribution in [0.3, 0.4) is 0 Å². The lowest BCUT2D eigenvalue weighted by atomic mass is 9.99. The molecule has 0 saturated heterocycles. The summed E-state index contributed by atoms with van der Waals surface area (Å²) >= 11 is 0. The first-order valence-electron chi connectivity index (χ1n) is 12.6. The van der Waals surface area contributed by atoms with Crippen LogP contribution >= 0.6 is 0 Å². The zero-order chi connectivity index (χ0) is 32.7. The lowest BCUT2D eigenvalue weighted by Gasteiger charge is -2.19. The Morgan fingerprint density at radius 3 is 2.13 bits per heavy atom. The number of aromatic nitrogens is 5. The van der Waals surface area contributed by atoms with Gasteiger partial charge in [-0.25, -0.2) is 14.4 Å². The average Bonchev–Trinajstić information content (AvgIpc) is 3.39. The summed E-state index contributed by atoms with van der Waals surface area (Å²) in [5.41, 5.74) is -4.26. The van der Waals surface area contributed by atoms with E-state index in [1.807, 2.05) is 0 Å². The van der Waals surface area contributed by atoms with E-state index in [1.165, 1.54) is 36.7 Å². The number of pyridine rings is 1. The molecule has 230 valence electrons. The third-order valence-electron chi connectivity index (χ3n) is 6.53. The van der Waals surface area contributed by atoms with Crippen LogP contribution in [0.5, 0.6) is 0 Å². The van der Waals surface area contributed by atoms with Crippen molar-refractivity contribution in [1.82, 2.24) is 24.7 Å². The highest BCUT2D eigenvalue weighted by molar-refractivity contribution is 6.41. The summed E-state index contributed by atoms with van der Waals surface area (Å²) in [4.78, 5) is 45.4. The molecule has 0 spiro atoms. The first-order chi connectivity index (χ1) is 21.1. The van der Waals surface area contributed by atoms with Gasteiger partial charge in [-0.15, -0.1) is 0 Å². The topological polar surface area (TPSA) is 128 Å². The predicted molar refractivity (Wildman–Crippen MR) is 140 cm³/mol. The molecule has 1 unspecified atom stereocenters. The summed E-state index contributed by atoms with van der Waals surface area (Å²) < 4.78 is 95.8. The van der Waals surface area contributed by atoms with E-state index in [4.69, 9.17) is 5.11 Å². The van der Waals surface area contributed by atoms with Crippen molar-refractivity contribution in [3.05, 3.63) is 95.7 Å². The molecule has 1 N–H and O–H groups in total. The standard InChI is InChI=1S/C29H16F7N5O4/c30-18-4-2-1-3-16(18)27-37-20-9-10-41(13-22(20)38-27)25(26(45)23(42)12-24(43)44)21-8-7-19(39-40-21)15-6-5-14(28(31,32)33)11-17(15)29(34,35)36/h1-11,13,25H,12H2,(H,43,44). The molecule has 5 rings (SSSR count). The van der Waals surface area contributed by atoms with Crippen LogP contribution < -0.4 is 0 Å². The number of carboxylic acid groups (broad SMARTS) is 1. The number of benzene rings is 2. The number of imidazole rings is 1. The zero-order valence-corrected chi connectivity index (χ0v) is 22.3. The Balaban J connectivity index is 1.58. The van der Waals surface area contributed by atoms with Gasteiger partial charge < -0.3 is 9.67 Å². The van der Waals surface area contributed by atoms with Crippen molar-refractivity contribution in [2.45, 2.75) is 24.8 Å². The third-order valence-corrected chi connectivity index (χ3v) is 6.53. The minimum Gasteiger partial charge on any atom is -0.481 e. The molecule has 1 atom stereocenters. The zero-order valence-electron chi connectivity index (χ0n) is 22.3. The van der Waals surface area contributed by atoms with Crippen LogP contribution in [0, 0.1) is 5.82 Å². The van der Waals surface area contributed by atoms with E-state index < -0.39 is 70.6 Å². The number of halogens is 7. The number of hydrogen-bond donors (Lipinski definition) is 1. The monoisotopic (exact) mass is 631 g/mol. The molecule has 0 radical (unpaired) electrons. The van der Waals surface area contributed by atoms with E-state index in [-0.39, 0.29) is 34.5 Å². The van der Waals surface area contributed by atoms with E-state index in [1.54, 1.807) is 6.07 Å². The molecule has 45 heavy (non-hydrogen) atoms. The van der Waals surface area contributed by atoms with Crippen molar-refractivity contribution in [2.24, 2.45) is 0 Å². The van der Waals surface area contributed by atoms with Crippen LogP contribution in [-0.2, 0) is 26.7 Å². The smallest absolute Gasteiger partial charge is 0.417 e. The summed E-state index contributed by atoms with van der Waals surface area (Å²) in [6.07, 6.45) is -8.92. The van der Waals surface area contributed by atoms with E-state index in [2.05, 4.69) is 20.2 Å². The number of fused-ring (bicyclic) bond motifs is 1. The quantitative estimate of drug-likeness (QED) is 0.128. The second-order valence-corrected chi connectivity index (χ2v) is 9.55. The molecule has 3 aromatic rings. The van der Waals surface area contributed by atoms with Crippen LogP contribution in [0.15, 0.2) is 73.1 Å². The van der Waals surface area contributed by atoms with Crippen LogP contribution in [0.1, 0.15) is 29.3 Å². The number of carbonyl (C=O) groups is 3. The van der Waals surface area contributed by atoms with Gasteiger partial charge in [-0.2, -0.15) is 36.5 Å². The largest absolute Gasteiger partial charge is 0.481 e. The second kappa shape index (κ2) is 11.5. The summed E-state index contributed by atoms with van der Waals surface area (Å²) in [7, 11) is 0. The Morgan fingerprint density at radius 1 is 0.800 bits per heavy atom. The number of hydrogen-bond acceptors (Lipinski definition) is 7. The minimum absolute atomic E-state index is 0.00633. The highest BCUT2D eigenvalue weighted by atomic mass is 19.4. The normalized spacial score (nSPS) is 12.7. The molecular weight excluding hydrogens is 615 g/mol. The SMILES string of the molecule is O=C(O)CC(=O)C(=O)C(c1ccc(-c2ccc(C(F)(F)F)cc2C(F)(F)F)nn1)n1ccc2nc(-c3ccccc3F)nc-2c1. The molecule has 0 saturated carbocycles. The second-order valence-electron chi connectivity index (χ2n) is 9.55. The number of rotatable bonds is 8. The summed E-state index contributed by atoms with van der Waals surface area (Å²) in [6.45, 7) is 0. The highest BCUT2D eigenvalue weighted by Gasteiger charge is 2.39. The lowest BCUT2D eigenvalue weighted by Crippen LogP contribution is -2.30. The molecule has 1 aromatic heterocycles. The van der Waals surface area contributed by atoms with Crippen molar-refractivity contribution < 1.29 is 50.2 Å². The maximum atomic E-state index is 14.3. The van der Waals surface area contributed by atoms with Crippen LogP contribution in [0.25, 0.3) is 34.0 Å². The molecule has 2 aromatic carbocycles. The van der Waals surface area contributed by atoms with Gasteiger partial charge in [0.05, 0.1) is 33.8 Å². The Hall–Kier alpha value is -5.54. The van der Waals surface area contributed by atoms with Gasteiger partial charge in [0, 0.05) is 18.0 Å². The molecule has 2 aliphatic heterocycles. The maximum absolute atomic E-state index is 14.3. The number of Topliss-reactive ketones (excluding diaryl/α,β-unsaturated/α-hetero) is 2. The number of carbonyl (C=O) groups excluding carboxylic acids is 2. The molecule has 9 nitrogen and oxygen atoms in total. The van der Waals surface area contributed by atoms with Gasteiger partial charge in [0.1, 0.15) is 24.0 Å². The van der Waals surface area contributed by atoms with E-state index in [0.717, 1.165) is 16.7 Å². The van der Waals surface area contributed by atoms with Gasteiger partial charge in [0.15, 0.2) is 5.82 Å². The van der Waals surface area contributed by atoms with E-state index >= 15 is 0 Å². The summed E-state index contributed by atoms with van der Waals surface area (Å²) in [6, 6.07) is 8.28. The molecule has 2 aliphatic rings. The van der Waals surface area contributed by atoms with Gasteiger partial charge in [-0.1, -0.05) is 18.2 Å². The Morgan fingerprint density at radius 2 is 1.51 bits per heavy atom. The highest BCUT2D eigenvalue weighted by Crippen LogP contribution is 2.40. The van der Waals surface area contributed by atoms with Crippen molar-refractivity contribution in [3.8, 4) is 34.0 Å². The van der Waals surface area contributed by atoms with Gasteiger partial charge >= 0.3 is 18.3 Å². The average molecular weight is 631 g/mol. The van der Waals surface area contributed by atoms with Crippen molar-refractivity contribution in [3.63, 3.8) is 0 Å². The van der Waals surface area contributed by atoms with Gasteiger partial charge in [-0.05, 0) is 42.5 Å². The van der Waals surface area contributed by atoms with Crippen LogP contribution in [0.4, 0.5) is 30.7 Å². The summed E-state index contributed by atoms with van der Waals surface area (Å²) in [5, 5.41) is 16.5. The third kappa shape index (κ3) is 6.39. The van der Waals surface area contributed by atoms with Crippen LogP contribution in [-0.4, -0.2) is 47.4 Å². The van der Waals surface area contributed by atoms with E-state index in [0.29, 0.717) is 12.1 Å². The number of alkyl halides is 6. The van der Waals surface area contributed by atoms with Crippen molar-refractivity contribution in [2.75, 3.05) is 0 Å².